The molecule has 2 heterocycles. The van der Waals surface area contributed by atoms with Gasteiger partial charge in [0.1, 0.15) is 5.69 Å². The van der Waals surface area contributed by atoms with Crippen LogP contribution < -0.4 is 10.2 Å². The molecule has 0 radical (unpaired) electrons. The number of nitrogens with zero attached hydrogens (tertiary/aromatic N) is 3. The normalized spacial score (nSPS) is 17.9. The van der Waals surface area contributed by atoms with Crippen molar-refractivity contribution in [2.45, 2.75) is 44.9 Å². The van der Waals surface area contributed by atoms with Gasteiger partial charge in [-0.2, -0.15) is 0 Å². The molecule has 0 atom stereocenters. The first kappa shape index (κ1) is 18.0. The average molecular weight is 364 g/mol. The minimum absolute atomic E-state index is 0.00837. The van der Waals surface area contributed by atoms with Crippen LogP contribution in [-0.4, -0.2) is 35.5 Å². The summed E-state index contributed by atoms with van der Waals surface area (Å²) in [5.41, 5.74) is 2.51. The Hall–Kier alpha value is -2.43. The second-order valence-electron chi connectivity index (χ2n) is 7.72. The zero-order chi connectivity index (χ0) is 18.5. The number of amides is 1. The topological polar surface area (TPSA) is 58.1 Å². The van der Waals surface area contributed by atoms with Crippen molar-refractivity contribution in [1.82, 2.24) is 15.3 Å². The molecule has 5 heteroatoms. The third kappa shape index (κ3) is 4.29. The highest BCUT2D eigenvalue weighted by Crippen LogP contribution is 2.29. The molecule has 1 aliphatic heterocycles. The van der Waals surface area contributed by atoms with Crippen LogP contribution in [0.25, 0.3) is 11.3 Å². The van der Waals surface area contributed by atoms with Gasteiger partial charge in [-0.15, -0.1) is 0 Å². The van der Waals surface area contributed by atoms with Crippen molar-refractivity contribution in [3.63, 3.8) is 0 Å². The quantitative estimate of drug-likeness (QED) is 0.869. The maximum absolute atomic E-state index is 12.7. The first-order valence-corrected chi connectivity index (χ1v) is 10.3. The van der Waals surface area contributed by atoms with Gasteiger partial charge >= 0.3 is 0 Å². The van der Waals surface area contributed by atoms with Crippen molar-refractivity contribution in [2.75, 3.05) is 24.5 Å². The lowest BCUT2D eigenvalue weighted by Crippen LogP contribution is -2.30. The lowest BCUT2D eigenvalue weighted by Gasteiger charge is -2.22. The molecule has 1 aliphatic carbocycles. The molecule has 142 valence electrons. The Labute approximate surface area is 161 Å². The lowest BCUT2D eigenvalue weighted by molar-refractivity contribution is 0.0943. The van der Waals surface area contributed by atoms with Crippen LogP contribution in [0.5, 0.6) is 0 Å². The second-order valence-corrected chi connectivity index (χ2v) is 7.72. The van der Waals surface area contributed by atoms with E-state index >= 15 is 0 Å². The van der Waals surface area contributed by atoms with Crippen LogP contribution in [0.15, 0.2) is 36.7 Å². The SMILES string of the molecule is O=C(NCC1CCCCC1)c1cccc(-c2nccnc2N2CCCC2)c1. The van der Waals surface area contributed by atoms with E-state index < -0.39 is 0 Å². The average Bonchev–Trinajstić information content (AvgIpc) is 3.28. The summed E-state index contributed by atoms with van der Waals surface area (Å²) in [4.78, 5) is 24.1. The standard InChI is InChI=1S/C22H28N4O/c27-22(25-16-17-7-2-1-3-8-17)19-10-6-9-18(15-19)20-21(24-12-11-23-20)26-13-4-5-14-26/h6,9-12,15,17H,1-5,7-8,13-14,16H2,(H,25,27). The number of anilines is 1. The van der Waals surface area contributed by atoms with Gasteiger partial charge in [0.2, 0.25) is 0 Å². The third-order valence-corrected chi connectivity index (χ3v) is 5.76. The number of benzene rings is 1. The first-order valence-electron chi connectivity index (χ1n) is 10.3. The predicted octanol–water partition coefficient (Wildman–Crippen LogP) is 4.05. The van der Waals surface area contributed by atoms with E-state index in [1.54, 1.807) is 12.4 Å². The van der Waals surface area contributed by atoms with Gasteiger partial charge in [0.15, 0.2) is 5.82 Å². The molecule has 4 rings (SSSR count). The summed E-state index contributed by atoms with van der Waals surface area (Å²) >= 11 is 0. The minimum atomic E-state index is 0.00837. The Bertz CT molecular complexity index is 779. The maximum Gasteiger partial charge on any atom is 0.251 e. The molecular weight excluding hydrogens is 336 g/mol. The van der Waals surface area contributed by atoms with Crippen molar-refractivity contribution in [3.8, 4) is 11.3 Å². The summed E-state index contributed by atoms with van der Waals surface area (Å²) in [5.74, 6) is 1.57. The van der Waals surface area contributed by atoms with Crippen LogP contribution >= 0.6 is 0 Å². The first-order chi connectivity index (χ1) is 13.3. The number of carbonyl (C=O) groups excluding carboxylic acids is 1. The van der Waals surface area contributed by atoms with Crippen LogP contribution in [-0.2, 0) is 0 Å². The van der Waals surface area contributed by atoms with E-state index in [0.29, 0.717) is 11.5 Å². The van der Waals surface area contributed by atoms with E-state index in [9.17, 15) is 4.79 Å². The highest BCUT2D eigenvalue weighted by molar-refractivity contribution is 5.95. The molecule has 2 fully saturated rings. The molecule has 1 saturated carbocycles. The smallest absolute Gasteiger partial charge is 0.251 e. The molecule has 1 aromatic carbocycles. The van der Waals surface area contributed by atoms with Crippen LogP contribution in [0, 0.1) is 5.92 Å². The molecule has 0 unspecified atom stereocenters. The largest absolute Gasteiger partial charge is 0.355 e. The van der Waals surface area contributed by atoms with E-state index in [4.69, 9.17) is 0 Å². The molecular formula is C22H28N4O. The maximum atomic E-state index is 12.7. The summed E-state index contributed by atoms with van der Waals surface area (Å²) in [6.45, 7) is 2.83. The molecule has 27 heavy (non-hydrogen) atoms. The summed E-state index contributed by atoms with van der Waals surface area (Å²) in [5, 5.41) is 3.13. The van der Waals surface area contributed by atoms with Gasteiger partial charge in [0.05, 0.1) is 0 Å². The van der Waals surface area contributed by atoms with Crippen LogP contribution in [0.2, 0.25) is 0 Å². The number of hydrogen-bond acceptors (Lipinski definition) is 4. The van der Waals surface area contributed by atoms with E-state index in [2.05, 4.69) is 20.2 Å². The van der Waals surface area contributed by atoms with Gasteiger partial charge in [0, 0.05) is 43.2 Å². The molecule has 0 spiro atoms. The van der Waals surface area contributed by atoms with E-state index in [1.165, 1.54) is 44.9 Å². The van der Waals surface area contributed by atoms with Crippen molar-refractivity contribution >= 4 is 11.7 Å². The fourth-order valence-corrected chi connectivity index (χ4v) is 4.23. The Balaban J connectivity index is 1.50. The predicted molar refractivity (Wildman–Crippen MR) is 108 cm³/mol. The highest BCUT2D eigenvalue weighted by atomic mass is 16.1. The minimum Gasteiger partial charge on any atom is -0.355 e. The number of aromatic nitrogens is 2. The van der Waals surface area contributed by atoms with Crippen LogP contribution in [0.1, 0.15) is 55.3 Å². The monoisotopic (exact) mass is 364 g/mol. The van der Waals surface area contributed by atoms with Gasteiger partial charge < -0.3 is 10.2 Å². The second kappa shape index (κ2) is 8.51. The number of hydrogen-bond donors (Lipinski definition) is 1. The number of rotatable bonds is 5. The lowest BCUT2D eigenvalue weighted by atomic mass is 9.89. The molecule has 1 saturated heterocycles. The van der Waals surface area contributed by atoms with Gasteiger partial charge in [-0.3, -0.25) is 9.78 Å². The molecule has 1 aromatic heterocycles. The van der Waals surface area contributed by atoms with Gasteiger partial charge in [-0.1, -0.05) is 31.4 Å². The Morgan fingerprint density at radius 2 is 1.81 bits per heavy atom. The number of nitrogens with one attached hydrogen (secondary N) is 1. The van der Waals surface area contributed by atoms with E-state index in [-0.39, 0.29) is 5.91 Å². The summed E-state index contributed by atoms with van der Waals surface area (Å²) < 4.78 is 0. The summed E-state index contributed by atoms with van der Waals surface area (Å²) in [6, 6.07) is 7.78. The van der Waals surface area contributed by atoms with E-state index in [1.807, 2.05) is 24.3 Å². The Morgan fingerprint density at radius 1 is 1.04 bits per heavy atom. The van der Waals surface area contributed by atoms with Crippen molar-refractivity contribution in [2.24, 2.45) is 5.92 Å². The van der Waals surface area contributed by atoms with Gasteiger partial charge in [-0.05, 0) is 43.7 Å². The zero-order valence-corrected chi connectivity index (χ0v) is 15.9. The molecule has 1 N–H and O–H groups in total. The van der Waals surface area contributed by atoms with Gasteiger partial charge in [0.25, 0.3) is 5.91 Å². The highest BCUT2D eigenvalue weighted by Gasteiger charge is 2.20. The van der Waals surface area contributed by atoms with Gasteiger partial charge in [-0.25, -0.2) is 4.98 Å². The Kier molecular flexibility index (Phi) is 5.66. The molecule has 1 amide bonds. The summed E-state index contributed by atoms with van der Waals surface area (Å²) in [6.07, 6.45) is 12.3. The fourth-order valence-electron chi connectivity index (χ4n) is 4.23. The molecule has 5 nitrogen and oxygen atoms in total. The molecule has 0 bridgehead atoms. The van der Waals surface area contributed by atoms with Crippen molar-refractivity contribution < 1.29 is 4.79 Å². The number of carbonyl (C=O) groups is 1. The van der Waals surface area contributed by atoms with Crippen LogP contribution in [0.4, 0.5) is 5.82 Å². The third-order valence-electron chi connectivity index (χ3n) is 5.76. The van der Waals surface area contributed by atoms with E-state index in [0.717, 1.165) is 36.7 Å². The molecule has 2 aliphatic rings. The summed E-state index contributed by atoms with van der Waals surface area (Å²) in [7, 11) is 0. The van der Waals surface area contributed by atoms with Crippen molar-refractivity contribution in [1.29, 1.82) is 0 Å². The zero-order valence-electron chi connectivity index (χ0n) is 15.9. The fraction of sp³-hybridized carbons (Fsp3) is 0.500. The molecule has 2 aromatic rings. The van der Waals surface area contributed by atoms with Crippen molar-refractivity contribution in [3.05, 3.63) is 42.2 Å². The Morgan fingerprint density at radius 3 is 2.63 bits per heavy atom. The van der Waals surface area contributed by atoms with Crippen LogP contribution in [0.3, 0.4) is 0 Å².